The van der Waals surface area contributed by atoms with Gasteiger partial charge in [-0.15, -0.1) is 0 Å². The van der Waals surface area contributed by atoms with Crippen LogP contribution in [0.2, 0.25) is 5.02 Å². The van der Waals surface area contributed by atoms with Crippen LogP contribution in [0.1, 0.15) is 5.56 Å². The predicted octanol–water partition coefficient (Wildman–Crippen LogP) is 1.12. The summed E-state index contributed by atoms with van der Waals surface area (Å²) in [5.41, 5.74) is 6.50. The number of nitrogens with zero attached hydrogens (tertiary/aromatic N) is 1. The first kappa shape index (κ1) is 12.9. The summed E-state index contributed by atoms with van der Waals surface area (Å²) in [4.78, 5) is -0.0292. The number of H-pyrrole nitrogens is 1. The third kappa shape index (κ3) is 2.81. The van der Waals surface area contributed by atoms with E-state index in [2.05, 4.69) is 14.9 Å². The molecule has 2 aromatic rings. The quantitative estimate of drug-likeness (QED) is 0.733. The summed E-state index contributed by atoms with van der Waals surface area (Å²) in [6.45, 7) is 0.130. The smallest absolute Gasteiger partial charge is 0.242 e. The molecular weight excluding hydrogens is 276 g/mol. The van der Waals surface area contributed by atoms with Crippen LogP contribution < -0.4 is 10.5 Å². The highest BCUT2D eigenvalue weighted by molar-refractivity contribution is 7.89. The summed E-state index contributed by atoms with van der Waals surface area (Å²) < 4.78 is 26.5. The van der Waals surface area contributed by atoms with E-state index in [4.69, 9.17) is 17.3 Å². The molecule has 96 valence electrons. The molecule has 2 rings (SSSR count). The molecule has 0 saturated carbocycles. The third-order valence-electron chi connectivity index (χ3n) is 2.29. The van der Waals surface area contributed by atoms with Crippen molar-refractivity contribution in [3.63, 3.8) is 0 Å². The van der Waals surface area contributed by atoms with Gasteiger partial charge in [0.25, 0.3) is 0 Å². The number of halogens is 1. The molecule has 0 bridgehead atoms. The molecule has 0 saturated heterocycles. The van der Waals surface area contributed by atoms with Crippen LogP contribution in [0, 0.1) is 0 Å². The van der Waals surface area contributed by atoms with Crippen molar-refractivity contribution < 1.29 is 8.42 Å². The van der Waals surface area contributed by atoms with Gasteiger partial charge in [0.15, 0.2) is 0 Å². The lowest BCUT2D eigenvalue weighted by Crippen LogP contribution is -2.24. The second-order valence-electron chi connectivity index (χ2n) is 3.61. The van der Waals surface area contributed by atoms with Gasteiger partial charge in [-0.1, -0.05) is 11.6 Å². The number of sulfonamides is 1. The van der Waals surface area contributed by atoms with Gasteiger partial charge in [0.05, 0.1) is 11.9 Å². The Hall–Kier alpha value is -1.57. The van der Waals surface area contributed by atoms with Crippen LogP contribution in [-0.4, -0.2) is 18.6 Å². The topological polar surface area (TPSA) is 101 Å². The van der Waals surface area contributed by atoms with E-state index in [1.54, 1.807) is 6.20 Å². The minimum atomic E-state index is -3.69. The van der Waals surface area contributed by atoms with Gasteiger partial charge in [-0.25, -0.2) is 13.1 Å². The molecule has 18 heavy (non-hydrogen) atoms. The summed E-state index contributed by atoms with van der Waals surface area (Å²) in [7, 11) is -3.69. The number of hydrogen-bond acceptors (Lipinski definition) is 4. The summed E-state index contributed by atoms with van der Waals surface area (Å²) in [5.74, 6) is 0. The van der Waals surface area contributed by atoms with Crippen LogP contribution in [0.15, 0.2) is 35.5 Å². The minimum Gasteiger partial charge on any atom is -0.398 e. The molecule has 1 aromatic heterocycles. The van der Waals surface area contributed by atoms with Crippen molar-refractivity contribution in [3.8, 4) is 0 Å². The molecule has 0 amide bonds. The number of nitrogens with two attached hydrogens (primary N) is 1. The zero-order valence-electron chi connectivity index (χ0n) is 9.22. The fourth-order valence-electron chi connectivity index (χ4n) is 1.37. The molecule has 4 N–H and O–H groups in total. The van der Waals surface area contributed by atoms with Crippen LogP contribution in [0.25, 0.3) is 0 Å². The molecule has 0 unspecified atom stereocenters. The van der Waals surface area contributed by atoms with E-state index in [-0.39, 0.29) is 17.1 Å². The van der Waals surface area contributed by atoms with Crippen molar-refractivity contribution in [2.24, 2.45) is 0 Å². The lowest BCUT2D eigenvalue weighted by atomic mass is 10.3. The van der Waals surface area contributed by atoms with Crippen LogP contribution in [0.3, 0.4) is 0 Å². The van der Waals surface area contributed by atoms with Crippen molar-refractivity contribution in [2.45, 2.75) is 11.4 Å². The summed E-state index contributed by atoms with van der Waals surface area (Å²) >= 11 is 5.76. The summed E-state index contributed by atoms with van der Waals surface area (Å²) in [6, 6.07) is 4.30. The molecule has 0 spiro atoms. The molecule has 0 fully saturated rings. The first-order valence-electron chi connectivity index (χ1n) is 5.01. The largest absolute Gasteiger partial charge is 0.398 e. The third-order valence-corrected chi connectivity index (χ3v) is 3.98. The van der Waals surface area contributed by atoms with Crippen molar-refractivity contribution in [2.75, 3.05) is 5.73 Å². The highest BCUT2D eigenvalue weighted by Crippen LogP contribution is 2.22. The molecule has 0 aliphatic rings. The van der Waals surface area contributed by atoms with E-state index in [9.17, 15) is 8.42 Å². The lowest BCUT2D eigenvalue weighted by molar-refractivity contribution is 0.582. The highest BCUT2D eigenvalue weighted by atomic mass is 35.5. The Morgan fingerprint density at radius 2 is 2.22 bits per heavy atom. The number of aromatic nitrogens is 2. The fraction of sp³-hybridized carbons (Fsp3) is 0.100. The second-order valence-corrected chi connectivity index (χ2v) is 5.79. The van der Waals surface area contributed by atoms with E-state index in [0.29, 0.717) is 5.02 Å². The van der Waals surface area contributed by atoms with Gasteiger partial charge in [-0.05, 0) is 18.2 Å². The maximum Gasteiger partial charge on any atom is 0.242 e. The van der Waals surface area contributed by atoms with Gasteiger partial charge in [-0.3, -0.25) is 5.10 Å². The van der Waals surface area contributed by atoms with Crippen LogP contribution in [-0.2, 0) is 16.6 Å². The molecule has 0 aliphatic heterocycles. The van der Waals surface area contributed by atoms with Crippen LogP contribution in [0.5, 0.6) is 0 Å². The average molecular weight is 287 g/mol. The van der Waals surface area contributed by atoms with Gasteiger partial charge in [0.2, 0.25) is 10.0 Å². The van der Waals surface area contributed by atoms with Crippen molar-refractivity contribution >= 4 is 27.3 Å². The maximum absolute atomic E-state index is 12.0. The van der Waals surface area contributed by atoms with E-state index in [0.717, 1.165) is 5.56 Å². The summed E-state index contributed by atoms with van der Waals surface area (Å²) in [6.07, 6.45) is 3.13. The molecule has 0 aliphatic carbocycles. The number of aromatic amines is 1. The first-order valence-corrected chi connectivity index (χ1v) is 6.87. The van der Waals surface area contributed by atoms with Gasteiger partial charge in [-0.2, -0.15) is 5.10 Å². The number of nitrogen functional groups attached to an aromatic ring is 1. The molecule has 8 heteroatoms. The summed E-state index contributed by atoms with van der Waals surface area (Å²) in [5, 5.41) is 6.63. The van der Waals surface area contributed by atoms with Crippen molar-refractivity contribution in [1.82, 2.24) is 14.9 Å². The number of benzene rings is 1. The Morgan fingerprint density at radius 1 is 1.44 bits per heavy atom. The van der Waals surface area contributed by atoms with Gasteiger partial charge in [0, 0.05) is 23.3 Å². The maximum atomic E-state index is 12.0. The minimum absolute atomic E-state index is 0.0292. The van der Waals surface area contributed by atoms with E-state index in [1.165, 1.54) is 24.4 Å². The zero-order chi connectivity index (χ0) is 13.2. The Kier molecular flexibility index (Phi) is 3.55. The fourth-order valence-corrected chi connectivity index (χ4v) is 2.78. The van der Waals surface area contributed by atoms with E-state index < -0.39 is 10.0 Å². The van der Waals surface area contributed by atoms with Gasteiger partial charge < -0.3 is 5.73 Å². The standard InChI is InChI=1S/C10H11ClN4O2S/c11-8-1-2-9(12)10(3-8)18(16,17)15-6-7-4-13-14-5-7/h1-5,15H,6,12H2,(H,13,14). The molecule has 6 nitrogen and oxygen atoms in total. The molecule has 1 heterocycles. The normalized spacial score (nSPS) is 11.6. The van der Waals surface area contributed by atoms with Crippen molar-refractivity contribution in [1.29, 1.82) is 0 Å². The van der Waals surface area contributed by atoms with Crippen molar-refractivity contribution in [3.05, 3.63) is 41.2 Å². The van der Waals surface area contributed by atoms with Crippen LogP contribution >= 0.6 is 11.6 Å². The number of hydrogen-bond donors (Lipinski definition) is 3. The average Bonchev–Trinajstić information content (AvgIpc) is 2.83. The van der Waals surface area contributed by atoms with E-state index >= 15 is 0 Å². The Balaban J connectivity index is 2.22. The highest BCUT2D eigenvalue weighted by Gasteiger charge is 2.17. The first-order chi connectivity index (χ1) is 8.49. The zero-order valence-corrected chi connectivity index (χ0v) is 10.8. The molecule has 0 radical (unpaired) electrons. The molecular formula is C10H11ClN4O2S. The SMILES string of the molecule is Nc1ccc(Cl)cc1S(=O)(=O)NCc1cn[nH]c1. The monoisotopic (exact) mass is 286 g/mol. The second kappa shape index (κ2) is 4.97. The Labute approximate surface area is 109 Å². The number of rotatable bonds is 4. The van der Waals surface area contributed by atoms with E-state index in [1.807, 2.05) is 0 Å². The van der Waals surface area contributed by atoms with Gasteiger partial charge in [0.1, 0.15) is 4.90 Å². The molecule has 1 aromatic carbocycles. The predicted molar refractivity (Wildman–Crippen MR) is 68.5 cm³/mol. The van der Waals surface area contributed by atoms with Crippen LogP contribution in [0.4, 0.5) is 5.69 Å². The number of nitrogens with one attached hydrogen (secondary N) is 2. The van der Waals surface area contributed by atoms with Gasteiger partial charge >= 0.3 is 0 Å². The lowest BCUT2D eigenvalue weighted by Gasteiger charge is -2.08. The Morgan fingerprint density at radius 3 is 2.89 bits per heavy atom. The Bertz CT molecular complexity index is 640. The molecule has 0 atom stereocenters. The number of anilines is 1.